The minimum atomic E-state index is -3.73. The van der Waals surface area contributed by atoms with Crippen molar-refractivity contribution in [3.63, 3.8) is 0 Å². The maximum absolute atomic E-state index is 12.4. The number of benzene rings is 1. The lowest BCUT2D eigenvalue weighted by Crippen LogP contribution is -2.46. The van der Waals surface area contributed by atoms with Gasteiger partial charge in [0.1, 0.15) is 6.04 Å². The molecule has 1 aromatic rings. The van der Waals surface area contributed by atoms with Crippen molar-refractivity contribution < 1.29 is 18.0 Å². The second-order valence-electron chi connectivity index (χ2n) is 7.56. The lowest BCUT2D eigenvalue weighted by molar-refractivity contribution is -0.118. The highest BCUT2D eigenvalue weighted by Crippen LogP contribution is 2.18. The number of primary amides is 1. The van der Waals surface area contributed by atoms with Crippen LogP contribution in [0, 0.1) is 5.92 Å². The zero-order chi connectivity index (χ0) is 20.1. The van der Waals surface area contributed by atoms with E-state index in [1.807, 2.05) is 13.8 Å². The van der Waals surface area contributed by atoms with Gasteiger partial charge in [-0.2, -0.15) is 0 Å². The lowest BCUT2D eigenvalue weighted by Gasteiger charge is -2.21. The van der Waals surface area contributed by atoms with Crippen LogP contribution in [0.1, 0.15) is 41.0 Å². The first-order chi connectivity index (χ1) is 11.8. The van der Waals surface area contributed by atoms with Gasteiger partial charge in [0.2, 0.25) is 15.9 Å². The van der Waals surface area contributed by atoms with Gasteiger partial charge in [0.05, 0.1) is 4.90 Å². The van der Waals surface area contributed by atoms with Crippen LogP contribution in [0.3, 0.4) is 0 Å². The zero-order valence-electron chi connectivity index (χ0n) is 15.8. The van der Waals surface area contributed by atoms with E-state index in [-0.39, 0.29) is 10.8 Å². The third kappa shape index (κ3) is 7.40. The summed E-state index contributed by atoms with van der Waals surface area (Å²) in [6, 6.07) is 4.31. The summed E-state index contributed by atoms with van der Waals surface area (Å²) in [4.78, 5) is 23.6. The maximum Gasteiger partial charge on any atom is 0.312 e. The fourth-order valence-corrected chi connectivity index (χ4v) is 3.77. The molecule has 0 saturated heterocycles. The average Bonchev–Trinajstić information content (AvgIpc) is 2.43. The molecule has 1 unspecified atom stereocenters. The molecular weight excluding hydrogens is 356 g/mol. The van der Waals surface area contributed by atoms with E-state index in [1.54, 1.807) is 26.8 Å². The zero-order valence-corrected chi connectivity index (χ0v) is 16.6. The highest BCUT2D eigenvalue weighted by Gasteiger charge is 2.24. The molecule has 0 fully saturated rings. The van der Waals surface area contributed by atoms with Gasteiger partial charge in [0.15, 0.2) is 0 Å². The van der Waals surface area contributed by atoms with Gasteiger partial charge in [-0.05, 0) is 51.3 Å². The van der Waals surface area contributed by atoms with Gasteiger partial charge in [0, 0.05) is 11.2 Å². The van der Waals surface area contributed by atoms with Crippen molar-refractivity contribution in [2.75, 3.05) is 5.32 Å². The molecule has 0 aliphatic heterocycles. The van der Waals surface area contributed by atoms with Crippen molar-refractivity contribution in [3.05, 3.63) is 24.3 Å². The second kappa shape index (κ2) is 8.50. The number of nitrogens with two attached hydrogens (primary N) is 1. The summed E-state index contributed by atoms with van der Waals surface area (Å²) in [7, 11) is -3.73. The second-order valence-corrected chi connectivity index (χ2v) is 9.25. The number of amides is 3. The third-order valence-electron chi connectivity index (χ3n) is 3.19. The summed E-state index contributed by atoms with van der Waals surface area (Å²) < 4.78 is 27.4. The van der Waals surface area contributed by atoms with Crippen LogP contribution in [0.2, 0.25) is 0 Å². The van der Waals surface area contributed by atoms with E-state index in [9.17, 15) is 18.0 Å². The lowest BCUT2D eigenvalue weighted by atomic mass is 10.0. The molecule has 1 atom stereocenters. The summed E-state index contributed by atoms with van der Waals surface area (Å²) in [6.45, 7) is 9.04. The van der Waals surface area contributed by atoms with Crippen LogP contribution in [0.15, 0.2) is 29.2 Å². The van der Waals surface area contributed by atoms with Crippen LogP contribution < -0.4 is 21.1 Å². The molecule has 8 nitrogen and oxygen atoms in total. The average molecular weight is 385 g/mol. The molecule has 0 aromatic heterocycles. The Bertz CT molecular complexity index is 754. The number of sulfonamides is 1. The standard InChI is InChI=1S/C17H28N4O4S/c1-11(2)9-14(20-16(18)23)15(22)19-12-7-6-8-13(10-12)26(24,25)21-17(3,4)5/h6-8,10-11,14,21H,9H2,1-5H3,(H,19,22)(H3,18,20,23). The predicted molar refractivity (Wildman–Crippen MR) is 101 cm³/mol. The van der Waals surface area contributed by atoms with Gasteiger partial charge in [-0.25, -0.2) is 17.9 Å². The van der Waals surface area contributed by atoms with Gasteiger partial charge < -0.3 is 16.4 Å². The molecular formula is C17H28N4O4S. The number of anilines is 1. The monoisotopic (exact) mass is 384 g/mol. The topological polar surface area (TPSA) is 130 Å². The van der Waals surface area contributed by atoms with Crippen LogP contribution in [-0.4, -0.2) is 31.9 Å². The Morgan fingerprint density at radius 2 is 1.81 bits per heavy atom. The molecule has 0 aliphatic rings. The number of hydrogen-bond acceptors (Lipinski definition) is 4. The molecule has 146 valence electrons. The maximum atomic E-state index is 12.4. The Morgan fingerprint density at radius 3 is 2.31 bits per heavy atom. The predicted octanol–water partition coefficient (Wildman–Crippen LogP) is 1.78. The minimum absolute atomic E-state index is 0.0356. The first-order valence-electron chi connectivity index (χ1n) is 8.31. The van der Waals surface area contributed by atoms with Crippen molar-refractivity contribution in [2.45, 2.75) is 57.5 Å². The van der Waals surface area contributed by atoms with Crippen LogP contribution in [-0.2, 0) is 14.8 Å². The van der Waals surface area contributed by atoms with Crippen molar-refractivity contribution in [1.82, 2.24) is 10.0 Å². The van der Waals surface area contributed by atoms with E-state index in [0.29, 0.717) is 12.1 Å². The Balaban J connectivity index is 3.00. The molecule has 1 rings (SSSR count). The van der Waals surface area contributed by atoms with Crippen molar-refractivity contribution in [1.29, 1.82) is 0 Å². The molecule has 5 N–H and O–H groups in total. The van der Waals surface area contributed by atoms with Crippen LogP contribution in [0.25, 0.3) is 0 Å². The number of nitrogens with one attached hydrogen (secondary N) is 3. The molecule has 0 bridgehead atoms. The van der Waals surface area contributed by atoms with E-state index in [2.05, 4.69) is 15.4 Å². The van der Waals surface area contributed by atoms with Crippen molar-refractivity contribution in [2.24, 2.45) is 11.7 Å². The summed E-state index contributed by atoms with van der Waals surface area (Å²) in [5.41, 5.74) is 4.80. The Kier molecular flexibility index (Phi) is 7.16. The number of hydrogen-bond donors (Lipinski definition) is 4. The van der Waals surface area contributed by atoms with Gasteiger partial charge in [-0.1, -0.05) is 19.9 Å². The minimum Gasteiger partial charge on any atom is -0.352 e. The molecule has 0 saturated carbocycles. The summed E-state index contributed by atoms with van der Waals surface area (Å²) in [6.07, 6.45) is 0.401. The van der Waals surface area contributed by atoms with Crippen LogP contribution in [0.5, 0.6) is 0 Å². The molecule has 0 radical (unpaired) electrons. The smallest absolute Gasteiger partial charge is 0.312 e. The van der Waals surface area contributed by atoms with Gasteiger partial charge in [-0.15, -0.1) is 0 Å². The van der Waals surface area contributed by atoms with Gasteiger partial charge >= 0.3 is 6.03 Å². The molecule has 1 aromatic carbocycles. The fraction of sp³-hybridized carbons (Fsp3) is 0.529. The summed E-state index contributed by atoms with van der Waals surface area (Å²) in [5.74, 6) is -0.309. The number of carbonyl (C=O) groups is 2. The Labute approximate surface area is 155 Å². The van der Waals surface area contributed by atoms with E-state index in [1.165, 1.54) is 18.2 Å². The summed E-state index contributed by atoms with van der Waals surface area (Å²) >= 11 is 0. The van der Waals surface area contributed by atoms with E-state index < -0.39 is 33.5 Å². The summed E-state index contributed by atoms with van der Waals surface area (Å²) in [5, 5.41) is 5.03. The highest BCUT2D eigenvalue weighted by atomic mass is 32.2. The molecule has 26 heavy (non-hydrogen) atoms. The van der Waals surface area contributed by atoms with Crippen LogP contribution >= 0.6 is 0 Å². The Hall–Kier alpha value is -2.13. The SMILES string of the molecule is CC(C)CC(NC(N)=O)C(=O)Nc1cccc(S(=O)(=O)NC(C)(C)C)c1. The highest BCUT2D eigenvalue weighted by molar-refractivity contribution is 7.89. The third-order valence-corrected chi connectivity index (χ3v) is 4.95. The van der Waals surface area contributed by atoms with E-state index in [4.69, 9.17) is 5.73 Å². The first-order valence-corrected chi connectivity index (χ1v) is 9.79. The van der Waals surface area contributed by atoms with Crippen molar-refractivity contribution >= 4 is 27.6 Å². The number of urea groups is 1. The normalized spacial score (nSPS) is 13.3. The quantitative estimate of drug-likeness (QED) is 0.571. The Morgan fingerprint density at radius 1 is 1.19 bits per heavy atom. The number of carbonyl (C=O) groups excluding carboxylic acids is 2. The van der Waals surface area contributed by atoms with Crippen LogP contribution in [0.4, 0.5) is 10.5 Å². The molecule has 0 spiro atoms. The van der Waals surface area contributed by atoms with Crippen molar-refractivity contribution in [3.8, 4) is 0 Å². The molecule has 0 aliphatic carbocycles. The number of rotatable bonds is 7. The van der Waals surface area contributed by atoms with Gasteiger partial charge in [0.25, 0.3) is 0 Å². The largest absolute Gasteiger partial charge is 0.352 e. The van der Waals surface area contributed by atoms with Gasteiger partial charge in [-0.3, -0.25) is 4.79 Å². The fourth-order valence-electron chi connectivity index (χ4n) is 2.31. The van der Waals surface area contributed by atoms with E-state index in [0.717, 1.165) is 0 Å². The molecule has 9 heteroatoms. The van der Waals surface area contributed by atoms with E-state index >= 15 is 0 Å². The molecule has 0 heterocycles. The first kappa shape index (κ1) is 21.9. The molecule has 3 amide bonds.